The summed E-state index contributed by atoms with van der Waals surface area (Å²) in [6, 6.07) is 6.06. The van der Waals surface area contributed by atoms with E-state index >= 15 is 0 Å². The van der Waals surface area contributed by atoms with Gasteiger partial charge in [0.2, 0.25) is 0 Å². The van der Waals surface area contributed by atoms with Gasteiger partial charge in [-0.15, -0.1) is 0 Å². The van der Waals surface area contributed by atoms with Gasteiger partial charge in [-0.25, -0.2) is 0 Å². The summed E-state index contributed by atoms with van der Waals surface area (Å²) >= 11 is 0. The van der Waals surface area contributed by atoms with Crippen molar-refractivity contribution in [1.82, 2.24) is 19.6 Å². The van der Waals surface area contributed by atoms with Gasteiger partial charge >= 0.3 is 0 Å². The Morgan fingerprint density at radius 3 is 2.77 bits per heavy atom. The van der Waals surface area contributed by atoms with Crippen LogP contribution in [0.1, 0.15) is 29.3 Å². The minimum absolute atomic E-state index is 0.575. The molecule has 1 unspecified atom stereocenters. The molecule has 0 saturated carbocycles. The van der Waals surface area contributed by atoms with Gasteiger partial charge < -0.3 is 14.7 Å². The van der Waals surface area contributed by atoms with Gasteiger partial charge in [-0.3, -0.25) is 9.58 Å². The number of nitrogens with zero attached hydrogens (tertiary/aromatic N) is 4. The zero-order valence-corrected chi connectivity index (χ0v) is 16.5. The van der Waals surface area contributed by atoms with E-state index in [0.29, 0.717) is 13.2 Å². The molecule has 6 heteroatoms. The summed E-state index contributed by atoms with van der Waals surface area (Å²) in [5, 5.41) is 15.3. The maximum atomic E-state index is 10.9. The third kappa shape index (κ3) is 4.26. The number of aryl methyl sites for hydroxylation is 2. The van der Waals surface area contributed by atoms with Crippen molar-refractivity contribution < 1.29 is 9.84 Å². The Morgan fingerprint density at radius 1 is 1.35 bits per heavy atom. The zero-order chi connectivity index (χ0) is 18.9. The summed E-state index contributed by atoms with van der Waals surface area (Å²) in [6.45, 7) is 7.67. The summed E-state index contributed by atoms with van der Waals surface area (Å²) in [7, 11) is 5.90. The molecule has 0 radical (unpaired) electrons. The fourth-order valence-electron chi connectivity index (χ4n) is 3.67. The van der Waals surface area contributed by atoms with Crippen LogP contribution in [0, 0.1) is 6.92 Å². The molecule has 0 saturated heterocycles. The average Bonchev–Trinajstić information content (AvgIpc) is 2.74. The second kappa shape index (κ2) is 7.39. The summed E-state index contributed by atoms with van der Waals surface area (Å²) in [5.41, 5.74) is 3.47. The van der Waals surface area contributed by atoms with E-state index in [-0.39, 0.29) is 0 Å². The Morgan fingerprint density at radius 2 is 2.12 bits per heavy atom. The zero-order valence-electron chi connectivity index (χ0n) is 16.5. The van der Waals surface area contributed by atoms with Crippen LogP contribution in [0.15, 0.2) is 24.4 Å². The van der Waals surface area contributed by atoms with Crippen molar-refractivity contribution in [3.8, 4) is 5.75 Å². The maximum absolute atomic E-state index is 10.9. The fraction of sp³-hybridized carbons (Fsp3) is 0.550. The molecule has 2 heterocycles. The summed E-state index contributed by atoms with van der Waals surface area (Å²) in [6.07, 6.45) is 2.08. The average molecular weight is 358 g/mol. The van der Waals surface area contributed by atoms with Crippen LogP contribution < -0.4 is 4.74 Å². The lowest BCUT2D eigenvalue weighted by Gasteiger charge is -2.28. The van der Waals surface area contributed by atoms with Gasteiger partial charge in [0.15, 0.2) is 0 Å². The minimum Gasteiger partial charge on any atom is -0.492 e. The first kappa shape index (κ1) is 18.9. The standard InChI is InChI=1S/C20H30N4O2/c1-15-17(11-23(5)21-15)13-24-8-9-26-19-7-6-18(10-16(19)12-24)20(2,25)14-22(3)4/h6-7,10-11,25H,8-9,12-14H2,1-5H3. The first-order chi connectivity index (χ1) is 12.2. The first-order valence-corrected chi connectivity index (χ1v) is 9.09. The molecule has 1 aromatic heterocycles. The van der Waals surface area contributed by atoms with E-state index in [4.69, 9.17) is 4.74 Å². The van der Waals surface area contributed by atoms with Crippen LogP contribution in [0.4, 0.5) is 0 Å². The topological polar surface area (TPSA) is 53.8 Å². The number of likely N-dealkylation sites (N-methyl/N-ethyl adjacent to an activating group) is 1. The summed E-state index contributed by atoms with van der Waals surface area (Å²) in [5.74, 6) is 0.916. The van der Waals surface area contributed by atoms with Crippen molar-refractivity contribution in [2.24, 2.45) is 7.05 Å². The largest absolute Gasteiger partial charge is 0.492 e. The molecule has 0 aliphatic carbocycles. The van der Waals surface area contributed by atoms with Crippen molar-refractivity contribution in [2.45, 2.75) is 32.5 Å². The summed E-state index contributed by atoms with van der Waals surface area (Å²) < 4.78 is 7.81. The number of aliphatic hydroxyl groups is 1. The molecule has 1 N–H and O–H groups in total. The lowest BCUT2D eigenvalue weighted by atomic mass is 9.93. The smallest absolute Gasteiger partial charge is 0.123 e. The lowest BCUT2D eigenvalue weighted by Crippen LogP contribution is -2.34. The molecule has 1 atom stereocenters. The third-order valence-electron chi connectivity index (χ3n) is 4.87. The second-order valence-electron chi connectivity index (χ2n) is 7.81. The van der Waals surface area contributed by atoms with E-state index in [0.717, 1.165) is 42.2 Å². The highest BCUT2D eigenvalue weighted by atomic mass is 16.5. The Labute approximate surface area is 156 Å². The monoisotopic (exact) mass is 358 g/mol. The molecule has 3 rings (SSSR count). The predicted molar refractivity (Wildman–Crippen MR) is 102 cm³/mol. The summed E-state index contributed by atoms with van der Waals surface area (Å²) in [4.78, 5) is 4.37. The Hall–Kier alpha value is -1.89. The SMILES string of the molecule is Cc1nn(C)cc1CN1CCOc2ccc(C(C)(O)CN(C)C)cc2C1. The molecule has 26 heavy (non-hydrogen) atoms. The highest BCUT2D eigenvalue weighted by Gasteiger charge is 2.26. The van der Waals surface area contributed by atoms with E-state index < -0.39 is 5.60 Å². The van der Waals surface area contributed by atoms with Crippen LogP contribution in [-0.4, -0.2) is 58.5 Å². The third-order valence-corrected chi connectivity index (χ3v) is 4.87. The Bertz CT molecular complexity index is 767. The van der Waals surface area contributed by atoms with Gasteiger partial charge in [0, 0.05) is 50.6 Å². The minimum atomic E-state index is -0.893. The second-order valence-corrected chi connectivity index (χ2v) is 7.81. The highest BCUT2D eigenvalue weighted by molar-refractivity contribution is 5.40. The van der Waals surface area contributed by atoms with Gasteiger partial charge in [-0.05, 0) is 45.6 Å². The molecule has 0 fully saturated rings. The van der Waals surface area contributed by atoms with Crippen LogP contribution in [0.3, 0.4) is 0 Å². The van der Waals surface area contributed by atoms with E-state index in [1.807, 2.05) is 56.7 Å². The first-order valence-electron chi connectivity index (χ1n) is 9.09. The normalized spacial score (nSPS) is 17.5. The van der Waals surface area contributed by atoms with Gasteiger partial charge in [0.05, 0.1) is 11.3 Å². The van der Waals surface area contributed by atoms with Crippen molar-refractivity contribution in [3.05, 3.63) is 46.8 Å². The van der Waals surface area contributed by atoms with Gasteiger partial charge in [0.25, 0.3) is 0 Å². The molecule has 2 aromatic rings. The molecule has 142 valence electrons. The van der Waals surface area contributed by atoms with Crippen LogP contribution in [0.2, 0.25) is 0 Å². The van der Waals surface area contributed by atoms with Crippen molar-refractivity contribution >= 4 is 0 Å². The lowest BCUT2D eigenvalue weighted by molar-refractivity contribution is 0.0299. The number of rotatable bonds is 5. The molecule has 6 nitrogen and oxygen atoms in total. The van der Waals surface area contributed by atoms with Crippen LogP contribution in [0.25, 0.3) is 0 Å². The molecular formula is C20H30N4O2. The molecule has 0 spiro atoms. The number of aromatic nitrogens is 2. The Balaban J connectivity index is 1.82. The molecule has 1 aliphatic rings. The van der Waals surface area contributed by atoms with Crippen LogP contribution in [-0.2, 0) is 25.7 Å². The van der Waals surface area contributed by atoms with E-state index in [2.05, 4.69) is 22.3 Å². The van der Waals surface area contributed by atoms with E-state index in [9.17, 15) is 5.11 Å². The quantitative estimate of drug-likeness (QED) is 0.885. The predicted octanol–water partition coefficient (Wildman–Crippen LogP) is 1.89. The molecule has 1 aromatic carbocycles. The van der Waals surface area contributed by atoms with Crippen molar-refractivity contribution in [3.63, 3.8) is 0 Å². The van der Waals surface area contributed by atoms with Crippen LogP contribution >= 0.6 is 0 Å². The van der Waals surface area contributed by atoms with Crippen molar-refractivity contribution in [2.75, 3.05) is 33.8 Å². The van der Waals surface area contributed by atoms with Crippen molar-refractivity contribution in [1.29, 1.82) is 0 Å². The molecule has 1 aliphatic heterocycles. The molecular weight excluding hydrogens is 328 g/mol. The van der Waals surface area contributed by atoms with E-state index in [1.165, 1.54) is 5.56 Å². The maximum Gasteiger partial charge on any atom is 0.123 e. The van der Waals surface area contributed by atoms with Gasteiger partial charge in [-0.2, -0.15) is 5.10 Å². The number of fused-ring (bicyclic) bond motifs is 1. The number of hydrogen-bond acceptors (Lipinski definition) is 5. The number of benzene rings is 1. The molecule has 0 bridgehead atoms. The van der Waals surface area contributed by atoms with Crippen LogP contribution in [0.5, 0.6) is 5.75 Å². The van der Waals surface area contributed by atoms with Gasteiger partial charge in [-0.1, -0.05) is 6.07 Å². The number of hydrogen-bond donors (Lipinski definition) is 1. The van der Waals surface area contributed by atoms with E-state index in [1.54, 1.807) is 0 Å². The fourth-order valence-corrected chi connectivity index (χ4v) is 3.67. The molecule has 0 amide bonds. The number of ether oxygens (including phenoxy) is 1. The Kier molecular flexibility index (Phi) is 5.37. The van der Waals surface area contributed by atoms with Gasteiger partial charge in [0.1, 0.15) is 12.4 Å². The highest BCUT2D eigenvalue weighted by Crippen LogP contribution is 2.30.